The minimum absolute atomic E-state index is 0.196. The van der Waals surface area contributed by atoms with Crippen LogP contribution in [0.25, 0.3) is 11.3 Å². The van der Waals surface area contributed by atoms with Gasteiger partial charge in [-0.3, -0.25) is 4.79 Å². The number of hydrazone groups is 1. The van der Waals surface area contributed by atoms with Gasteiger partial charge < -0.3 is 10.1 Å². The van der Waals surface area contributed by atoms with Crippen LogP contribution in [-0.4, -0.2) is 17.1 Å². The highest BCUT2D eigenvalue weighted by molar-refractivity contribution is 9.10. The number of para-hydroxylation sites is 1. The summed E-state index contributed by atoms with van der Waals surface area (Å²) in [6.07, 6.45) is 1.51. The lowest BCUT2D eigenvalue weighted by Crippen LogP contribution is -2.17. The Hall–Kier alpha value is -4.34. The number of rotatable bonds is 9. The number of anilines is 2. The van der Waals surface area contributed by atoms with Crippen molar-refractivity contribution >= 4 is 50.2 Å². The number of benzene rings is 4. The van der Waals surface area contributed by atoms with Gasteiger partial charge in [-0.15, -0.1) is 11.3 Å². The van der Waals surface area contributed by atoms with Gasteiger partial charge in [-0.05, 0) is 60.2 Å². The van der Waals surface area contributed by atoms with E-state index in [9.17, 15) is 9.18 Å². The van der Waals surface area contributed by atoms with Crippen LogP contribution in [0.15, 0.2) is 112 Å². The van der Waals surface area contributed by atoms with Crippen molar-refractivity contribution in [2.24, 2.45) is 5.10 Å². The van der Waals surface area contributed by atoms with Crippen LogP contribution in [0.5, 0.6) is 5.75 Å². The molecule has 6 nitrogen and oxygen atoms in total. The Morgan fingerprint density at radius 1 is 1.00 bits per heavy atom. The van der Waals surface area contributed by atoms with Crippen LogP contribution in [-0.2, 0) is 6.61 Å². The molecule has 39 heavy (non-hydrogen) atoms. The molecule has 4 aromatic carbocycles. The summed E-state index contributed by atoms with van der Waals surface area (Å²) in [7, 11) is 0. The van der Waals surface area contributed by atoms with E-state index in [2.05, 4.69) is 36.8 Å². The topological polar surface area (TPSA) is 75.6 Å². The summed E-state index contributed by atoms with van der Waals surface area (Å²) < 4.78 is 20.2. The van der Waals surface area contributed by atoms with Crippen LogP contribution in [0.1, 0.15) is 21.5 Å². The predicted octanol–water partition coefficient (Wildman–Crippen LogP) is 7.80. The maximum absolute atomic E-state index is 13.5. The van der Waals surface area contributed by atoms with E-state index in [0.29, 0.717) is 22.4 Å². The van der Waals surface area contributed by atoms with Gasteiger partial charge in [0, 0.05) is 32.2 Å². The lowest BCUT2D eigenvalue weighted by Gasteiger charge is -2.10. The van der Waals surface area contributed by atoms with Crippen molar-refractivity contribution in [3.63, 3.8) is 0 Å². The standard InChI is InChI=1S/C30H22BrFN4O2S/c31-24-13-14-28(38-18-20-5-4-6-25(32)15-20)23(16-24)17-33-36-29(37)22-11-9-21(10-12-22)27-19-39-30(35-27)34-26-7-2-1-3-8-26/h1-17,19H,18H2,(H,34,35)(H,36,37)/b33-17-. The van der Waals surface area contributed by atoms with Gasteiger partial charge in [0.2, 0.25) is 0 Å². The Bertz CT molecular complexity index is 1610. The molecule has 5 aromatic rings. The Morgan fingerprint density at radius 2 is 1.82 bits per heavy atom. The first kappa shape index (κ1) is 26.3. The zero-order valence-corrected chi connectivity index (χ0v) is 22.9. The van der Waals surface area contributed by atoms with Crippen LogP contribution in [0.3, 0.4) is 0 Å². The maximum Gasteiger partial charge on any atom is 0.271 e. The van der Waals surface area contributed by atoms with Gasteiger partial charge in [-0.2, -0.15) is 5.10 Å². The average Bonchev–Trinajstić information content (AvgIpc) is 3.41. The molecule has 0 saturated carbocycles. The van der Waals surface area contributed by atoms with Crippen molar-refractivity contribution in [2.75, 3.05) is 5.32 Å². The molecule has 5 rings (SSSR count). The van der Waals surface area contributed by atoms with Crippen molar-refractivity contribution in [2.45, 2.75) is 6.61 Å². The molecule has 9 heteroatoms. The normalized spacial score (nSPS) is 10.9. The summed E-state index contributed by atoms with van der Waals surface area (Å²) >= 11 is 4.95. The molecule has 0 aliphatic rings. The number of hydrogen-bond donors (Lipinski definition) is 2. The van der Waals surface area contributed by atoms with Gasteiger partial charge in [-0.1, -0.05) is 58.4 Å². The van der Waals surface area contributed by atoms with Crippen LogP contribution < -0.4 is 15.5 Å². The van der Waals surface area contributed by atoms with E-state index in [0.717, 1.165) is 26.5 Å². The molecule has 0 saturated heterocycles. The summed E-state index contributed by atoms with van der Waals surface area (Å²) in [5, 5.41) is 10.2. The van der Waals surface area contributed by atoms with Crippen molar-refractivity contribution in [3.8, 4) is 17.0 Å². The van der Waals surface area contributed by atoms with Crippen molar-refractivity contribution in [1.29, 1.82) is 0 Å². The highest BCUT2D eigenvalue weighted by Crippen LogP contribution is 2.27. The number of carbonyl (C=O) groups is 1. The molecule has 1 aromatic heterocycles. The number of nitrogens with zero attached hydrogens (tertiary/aromatic N) is 2. The summed E-state index contributed by atoms with van der Waals surface area (Å²) in [6, 6.07) is 28.7. The molecule has 0 aliphatic heterocycles. The number of nitrogens with one attached hydrogen (secondary N) is 2. The lowest BCUT2D eigenvalue weighted by molar-refractivity contribution is 0.0955. The SMILES string of the molecule is O=C(N/N=C\c1cc(Br)ccc1OCc1cccc(F)c1)c1ccc(-c2csc(Nc3ccccc3)n2)cc1. The fourth-order valence-electron chi connectivity index (χ4n) is 3.67. The van der Waals surface area contributed by atoms with Crippen molar-refractivity contribution in [1.82, 2.24) is 10.4 Å². The van der Waals surface area contributed by atoms with Crippen molar-refractivity contribution < 1.29 is 13.9 Å². The third-order valence-electron chi connectivity index (χ3n) is 5.60. The van der Waals surface area contributed by atoms with Crippen LogP contribution in [0.4, 0.5) is 15.2 Å². The summed E-state index contributed by atoms with van der Waals surface area (Å²) in [5.74, 6) is -0.116. The zero-order chi connectivity index (χ0) is 27.0. The largest absolute Gasteiger partial charge is 0.488 e. The highest BCUT2D eigenvalue weighted by Gasteiger charge is 2.09. The molecule has 1 amide bonds. The predicted molar refractivity (Wildman–Crippen MR) is 157 cm³/mol. The second-order valence-electron chi connectivity index (χ2n) is 8.41. The molecule has 0 unspecified atom stereocenters. The number of halogens is 2. The van der Waals surface area contributed by atoms with E-state index in [4.69, 9.17) is 4.74 Å². The summed E-state index contributed by atoms with van der Waals surface area (Å²) in [6.45, 7) is 0.196. The van der Waals surface area contributed by atoms with E-state index in [1.54, 1.807) is 30.3 Å². The third-order valence-corrected chi connectivity index (χ3v) is 6.85. The average molecular weight is 602 g/mol. The van der Waals surface area contributed by atoms with Gasteiger partial charge in [-0.25, -0.2) is 14.8 Å². The smallest absolute Gasteiger partial charge is 0.271 e. The fourth-order valence-corrected chi connectivity index (χ4v) is 4.78. The third kappa shape index (κ3) is 7.16. The number of aromatic nitrogens is 1. The van der Waals surface area contributed by atoms with Gasteiger partial charge in [0.05, 0.1) is 11.9 Å². The van der Waals surface area contributed by atoms with Gasteiger partial charge in [0.1, 0.15) is 18.2 Å². The van der Waals surface area contributed by atoms with Gasteiger partial charge in [0.25, 0.3) is 5.91 Å². The molecular formula is C30H22BrFN4O2S. The first-order valence-electron chi connectivity index (χ1n) is 11.9. The van der Waals surface area contributed by atoms with E-state index < -0.39 is 0 Å². The Morgan fingerprint density at radius 3 is 2.62 bits per heavy atom. The second kappa shape index (κ2) is 12.5. The molecule has 1 heterocycles. The van der Waals surface area contributed by atoms with E-state index >= 15 is 0 Å². The van der Waals surface area contributed by atoms with E-state index in [1.165, 1.54) is 29.7 Å². The molecule has 194 valence electrons. The minimum Gasteiger partial charge on any atom is -0.488 e. The number of thiazole rings is 1. The van der Waals surface area contributed by atoms with Crippen molar-refractivity contribution in [3.05, 3.63) is 129 Å². The number of carbonyl (C=O) groups excluding carboxylic acids is 1. The lowest BCUT2D eigenvalue weighted by atomic mass is 10.1. The van der Waals surface area contributed by atoms with Crippen LogP contribution in [0.2, 0.25) is 0 Å². The molecule has 0 aliphatic carbocycles. The van der Waals surface area contributed by atoms with Gasteiger partial charge in [0.15, 0.2) is 5.13 Å². The van der Waals surface area contributed by atoms with Crippen LogP contribution >= 0.6 is 27.3 Å². The van der Waals surface area contributed by atoms with Crippen LogP contribution in [0, 0.1) is 5.82 Å². The zero-order valence-electron chi connectivity index (χ0n) is 20.5. The number of hydrogen-bond acceptors (Lipinski definition) is 6. The summed E-state index contributed by atoms with van der Waals surface area (Å²) in [4.78, 5) is 17.3. The molecule has 2 N–H and O–H groups in total. The fraction of sp³-hybridized carbons (Fsp3) is 0.0333. The van der Waals surface area contributed by atoms with E-state index in [1.807, 2.05) is 60.0 Å². The number of amides is 1. The van der Waals surface area contributed by atoms with E-state index in [-0.39, 0.29) is 18.3 Å². The quantitative estimate of drug-likeness (QED) is 0.134. The molecule has 0 fully saturated rings. The Labute approximate surface area is 237 Å². The Balaban J connectivity index is 1.20. The van der Waals surface area contributed by atoms with Gasteiger partial charge >= 0.3 is 0 Å². The Kier molecular flexibility index (Phi) is 8.40. The maximum atomic E-state index is 13.5. The highest BCUT2D eigenvalue weighted by atomic mass is 79.9. The molecule has 0 bridgehead atoms. The monoisotopic (exact) mass is 600 g/mol. The first-order valence-corrected chi connectivity index (χ1v) is 13.6. The molecule has 0 radical (unpaired) electrons. The first-order chi connectivity index (χ1) is 19.0. The molecule has 0 atom stereocenters. The second-order valence-corrected chi connectivity index (χ2v) is 10.2. The molecular weight excluding hydrogens is 579 g/mol. The number of ether oxygens (including phenoxy) is 1. The molecule has 0 spiro atoms. The summed E-state index contributed by atoms with van der Waals surface area (Å²) in [5.41, 5.74) is 7.07. The minimum atomic E-state index is -0.347.